The van der Waals surface area contributed by atoms with Gasteiger partial charge in [0.25, 0.3) is 0 Å². The van der Waals surface area contributed by atoms with Crippen LogP contribution >= 0.6 is 0 Å². The lowest BCUT2D eigenvalue weighted by atomic mass is 9.79. The molecule has 164 valence electrons. The Bertz CT molecular complexity index is 428. The molecule has 28 heavy (non-hydrogen) atoms. The Balaban J connectivity index is 4.87. The first-order chi connectivity index (χ1) is 13.5. The average Bonchev–Trinajstić information content (AvgIpc) is 2.66. The van der Waals surface area contributed by atoms with Crippen LogP contribution in [0.15, 0.2) is 0 Å². The number of hydrogen-bond acceptors (Lipinski definition) is 6. The van der Waals surface area contributed by atoms with Gasteiger partial charge in [-0.25, -0.2) is 0 Å². The quantitative estimate of drug-likeness (QED) is 0.148. The van der Waals surface area contributed by atoms with Gasteiger partial charge in [-0.3, -0.25) is 14.4 Å². The third-order valence-electron chi connectivity index (χ3n) is 4.79. The summed E-state index contributed by atoms with van der Waals surface area (Å²) in [5.41, 5.74) is -1.61. The van der Waals surface area contributed by atoms with Crippen molar-refractivity contribution in [2.24, 2.45) is 5.41 Å². The Morgan fingerprint density at radius 2 is 1.04 bits per heavy atom. The van der Waals surface area contributed by atoms with Gasteiger partial charge in [0.1, 0.15) is 0 Å². The number of hydrogen-bond donors (Lipinski definition) is 0. The number of carbonyl (C=O) groups is 3. The molecule has 0 unspecified atom stereocenters. The maximum absolute atomic E-state index is 12.7. The summed E-state index contributed by atoms with van der Waals surface area (Å²) < 4.78 is 15.3. The van der Waals surface area contributed by atoms with Gasteiger partial charge in [0.05, 0.1) is 26.2 Å². The molecule has 0 aromatic rings. The molecule has 6 heteroatoms. The van der Waals surface area contributed by atoms with Crippen molar-refractivity contribution in [3.8, 4) is 0 Å². The van der Waals surface area contributed by atoms with Crippen LogP contribution in [0.1, 0.15) is 98.3 Å². The lowest BCUT2D eigenvalue weighted by molar-refractivity contribution is -0.177. The Labute approximate surface area is 170 Å². The predicted molar refractivity (Wildman–Crippen MR) is 109 cm³/mol. The van der Waals surface area contributed by atoms with E-state index in [4.69, 9.17) is 14.2 Å². The maximum atomic E-state index is 12.7. The van der Waals surface area contributed by atoms with Crippen LogP contribution < -0.4 is 0 Å². The highest BCUT2D eigenvalue weighted by molar-refractivity contribution is 6.03. The molecule has 6 nitrogen and oxygen atoms in total. The van der Waals surface area contributed by atoms with Crippen LogP contribution in [0.5, 0.6) is 0 Å². The zero-order chi connectivity index (χ0) is 21.3. The van der Waals surface area contributed by atoms with Crippen LogP contribution in [0.25, 0.3) is 0 Å². The summed E-state index contributed by atoms with van der Waals surface area (Å²) in [6.45, 7) is 7.72. The van der Waals surface area contributed by atoms with E-state index in [0.717, 1.165) is 19.3 Å². The minimum atomic E-state index is -1.61. The molecule has 0 saturated heterocycles. The highest BCUT2D eigenvalue weighted by Crippen LogP contribution is 2.34. The minimum absolute atomic E-state index is 0.139. The lowest BCUT2D eigenvalue weighted by Gasteiger charge is -2.28. The Morgan fingerprint density at radius 1 is 0.607 bits per heavy atom. The second-order valence-corrected chi connectivity index (χ2v) is 7.08. The fourth-order valence-electron chi connectivity index (χ4n) is 3.25. The summed E-state index contributed by atoms with van der Waals surface area (Å²) >= 11 is 0. The van der Waals surface area contributed by atoms with E-state index in [2.05, 4.69) is 6.92 Å². The monoisotopic (exact) mass is 400 g/mol. The van der Waals surface area contributed by atoms with Gasteiger partial charge in [0, 0.05) is 0 Å². The van der Waals surface area contributed by atoms with E-state index in [0.29, 0.717) is 6.42 Å². The van der Waals surface area contributed by atoms with Gasteiger partial charge in [0.2, 0.25) is 0 Å². The summed E-state index contributed by atoms with van der Waals surface area (Å²) in [5.74, 6) is -1.97. The molecule has 0 aromatic heterocycles. The summed E-state index contributed by atoms with van der Waals surface area (Å²) in [4.78, 5) is 37.4. The first-order valence-electron chi connectivity index (χ1n) is 11.0. The first kappa shape index (κ1) is 26.4. The fourth-order valence-corrected chi connectivity index (χ4v) is 3.25. The summed E-state index contributed by atoms with van der Waals surface area (Å²) in [7, 11) is 0. The molecule has 0 aliphatic heterocycles. The van der Waals surface area contributed by atoms with E-state index in [1.165, 1.54) is 32.1 Å². The van der Waals surface area contributed by atoms with Gasteiger partial charge in [-0.05, 0) is 27.2 Å². The molecule has 0 fully saturated rings. The Hall–Kier alpha value is -1.59. The van der Waals surface area contributed by atoms with E-state index in [1.54, 1.807) is 20.8 Å². The first-order valence-corrected chi connectivity index (χ1v) is 11.0. The molecule has 0 aromatic carbocycles. The van der Waals surface area contributed by atoms with Crippen LogP contribution in [0.4, 0.5) is 0 Å². The number of rotatable bonds is 17. The molecule has 0 radical (unpaired) electrons. The van der Waals surface area contributed by atoms with Crippen molar-refractivity contribution in [1.29, 1.82) is 0 Å². The topological polar surface area (TPSA) is 78.9 Å². The number of ether oxygens (including phenoxy) is 3. The summed E-state index contributed by atoms with van der Waals surface area (Å²) in [5, 5.41) is 0. The van der Waals surface area contributed by atoms with Crippen LogP contribution in [-0.4, -0.2) is 37.7 Å². The zero-order valence-corrected chi connectivity index (χ0v) is 18.3. The predicted octanol–water partition coefficient (Wildman–Crippen LogP) is 4.97. The molecule has 0 aliphatic carbocycles. The fraction of sp³-hybridized carbons (Fsp3) is 0.864. The zero-order valence-electron chi connectivity index (χ0n) is 18.3. The minimum Gasteiger partial charge on any atom is -0.466 e. The van der Waals surface area contributed by atoms with Crippen molar-refractivity contribution >= 4 is 17.9 Å². The average molecular weight is 401 g/mol. The molecule has 0 spiro atoms. The van der Waals surface area contributed by atoms with Crippen LogP contribution in [0.3, 0.4) is 0 Å². The standard InChI is InChI=1S/C22H40O6/c1-5-9-10-11-12-13-14-15-16-17-22(20(24)27-7-3,21(25)28-8-4)18-19(23)26-6-2/h5-18H2,1-4H3. The molecule has 0 bridgehead atoms. The molecule has 0 rings (SSSR count). The molecule has 0 heterocycles. The molecule has 0 atom stereocenters. The van der Waals surface area contributed by atoms with Gasteiger partial charge in [-0.15, -0.1) is 0 Å². The van der Waals surface area contributed by atoms with E-state index >= 15 is 0 Å². The largest absolute Gasteiger partial charge is 0.466 e. The summed E-state index contributed by atoms with van der Waals surface area (Å²) in [6, 6.07) is 0. The maximum Gasteiger partial charge on any atom is 0.324 e. The van der Waals surface area contributed by atoms with Crippen molar-refractivity contribution in [1.82, 2.24) is 0 Å². The molecule has 0 saturated carbocycles. The van der Waals surface area contributed by atoms with E-state index < -0.39 is 23.3 Å². The van der Waals surface area contributed by atoms with Crippen molar-refractivity contribution in [3.63, 3.8) is 0 Å². The van der Waals surface area contributed by atoms with Gasteiger partial charge < -0.3 is 14.2 Å². The molecule has 0 N–H and O–H groups in total. The van der Waals surface area contributed by atoms with Crippen LogP contribution in [-0.2, 0) is 28.6 Å². The second kappa shape index (κ2) is 16.4. The van der Waals surface area contributed by atoms with Crippen molar-refractivity contribution in [3.05, 3.63) is 0 Å². The summed E-state index contributed by atoms with van der Waals surface area (Å²) in [6.07, 6.45) is 9.93. The molecular weight excluding hydrogens is 360 g/mol. The molecule has 0 amide bonds. The van der Waals surface area contributed by atoms with Crippen molar-refractivity contribution in [2.75, 3.05) is 19.8 Å². The number of unbranched alkanes of at least 4 members (excludes halogenated alkanes) is 8. The highest BCUT2D eigenvalue weighted by atomic mass is 16.6. The number of carbonyl (C=O) groups excluding carboxylic acids is 3. The molecule has 0 aliphatic rings. The third kappa shape index (κ3) is 10.1. The van der Waals surface area contributed by atoms with E-state index in [1.807, 2.05) is 0 Å². The van der Waals surface area contributed by atoms with Crippen LogP contribution in [0, 0.1) is 5.41 Å². The van der Waals surface area contributed by atoms with Crippen molar-refractivity contribution in [2.45, 2.75) is 98.3 Å². The number of esters is 3. The van der Waals surface area contributed by atoms with E-state index in [9.17, 15) is 14.4 Å². The Morgan fingerprint density at radius 3 is 1.46 bits per heavy atom. The normalized spacial score (nSPS) is 11.1. The lowest BCUT2D eigenvalue weighted by Crippen LogP contribution is -2.44. The van der Waals surface area contributed by atoms with Crippen molar-refractivity contribution < 1.29 is 28.6 Å². The third-order valence-corrected chi connectivity index (χ3v) is 4.79. The second-order valence-electron chi connectivity index (χ2n) is 7.08. The van der Waals surface area contributed by atoms with Gasteiger partial charge in [-0.1, -0.05) is 64.7 Å². The van der Waals surface area contributed by atoms with E-state index in [-0.39, 0.29) is 32.7 Å². The smallest absolute Gasteiger partial charge is 0.324 e. The molecular formula is C22H40O6. The Kier molecular flexibility index (Phi) is 15.4. The highest BCUT2D eigenvalue weighted by Gasteiger charge is 2.50. The van der Waals surface area contributed by atoms with Crippen LogP contribution in [0.2, 0.25) is 0 Å². The van der Waals surface area contributed by atoms with Gasteiger partial charge in [0.15, 0.2) is 5.41 Å². The van der Waals surface area contributed by atoms with Gasteiger partial charge >= 0.3 is 17.9 Å². The van der Waals surface area contributed by atoms with Gasteiger partial charge in [-0.2, -0.15) is 0 Å². The SMILES string of the molecule is CCCCCCCCCCCC(CC(=O)OCC)(C(=O)OCC)C(=O)OCC.